The first kappa shape index (κ1) is 32.2. The number of likely N-dealkylation sites (N-methyl/N-ethyl adjacent to an activating group) is 2. The van der Waals surface area contributed by atoms with Crippen molar-refractivity contribution in [2.24, 2.45) is 4.99 Å². The molecule has 1 aromatic rings. The average Bonchev–Trinajstić information content (AvgIpc) is 2.91. The lowest BCUT2D eigenvalue weighted by atomic mass is 9.95. The second-order valence-corrected chi connectivity index (χ2v) is 9.45. The first-order chi connectivity index (χ1) is 18.9. The predicted octanol–water partition coefficient (Wildman–Crippen LogP) is 5.78. The van der Waals surface area contributed by atoms with Crippen molar-refractivity contribution in [2.45, 2.75) is 33.2 Å². The van der Waals surface area contributed by atoms with E-state index in [1.54, 1.807) is 31.3 Å². The summed E-state index contributed by atoms with van der Waals surface area (Å²) < 4.78 is 44.0. The summed E-state index contributed by atoms with van der Waals surface area (Å²) >= 11 is 0. The highest BCUT2D eigenvalue weighted by Crippen LogP contribution is 2.30. The van der Waals surface area contributed by atoms with Crippen molar-refractivity contribution in [1.82, 2.24) is 15.1 Å². The molecule has 1 aliphatic rings. The van der Waals surface area contributed by atoms with Gasteiger partial charge in [-0.05, 0) is 56.5 Å². The Morgan fingerprint density at radius 3 is 2.38 bits per heavy atom. The molecule has 40 heavy (non-hydrogen) atoms. The summed E-state index contributed by atoms with van der Waals surface area (Å²) in [5.74, 6) is -2.50. The SMILES string of the molecule is C=C(/C=C(\C)C(C)N1CC=C(c2c(F)cc(C(C)=O)cc2F)CC1)/C(=C\C=NC)N(C)/C=C(F)\C(=C/C=O)NC. The molecule has 1 unspecified atom stereocenters. The Morgan fingerprint density at radius 2 is 1.88 bits per heavy atom. The van der Waals surface area contributed by atoms with E-state index in [0.29, 0.717) is 42.6 Å². The van der Waals surface area contributed by atoms with Crippen LogP contribution in [0.3, 0.4) is 0 Å². The Hall–Kier alpha value is -3.98. The average molecular weight is 555 g/mol. The molecule has 9 heteroatoms. The number of hydrogen-bond acceptors (Lipinski definition) is 6. The second-order valence-electron chi connectivity index (χ2n) is 9.45. The minimum atomic E-state index is -0.738. The van der Waals surface area contributed by atoms with Crippen LogP contribution in [0.15, 0.2) is 82.6 Å². The number of carbonyl (C=O) groups excluding carboxylic acids is 2. The largest absolute Gasteiger partial charge is 0.386 e. The topological polar surface area (TPSA) is 65.0 Å². The van der Waals surface area contributed by atoms with Gasteiger partial charge in [0, 0.05) is 75.6 Å². The van der Waals surface area contributed by atoms with Crippen molar-refractivity contribution in [2.75, 3.05) is 34.2 Å². The highest BCUT2D eigenvalue weighted by atomic mass is 19.1. The molecule has 6 nitrogen and oxygen atoms in total. The van der Waals surface area contributed by atoms with Gasteiger partial charge < -0.3 is 10.2 Å². The summed E-state index contributed by atoms with van der Waals surface area (Å²) in [5.41, 5.74) is 2.73. The molecular formula is C31H37F3N4O2. The molecule has 0 saturated heterocycles. The highest BCUT2D eigenvalue weighted by Gasteiger charge is 2.23. The standard InChI is InChI=1S/C31H37F3N4O2/c1-20(16-21(2)30(8-12-35-5)37(7)19-28(34)29(36-6)11-15-39)22(3)38-13-9-24(10-14-38)31-26(32)17-25(23(4)40)18-27(31)33/h8-9,11-12,15-19,22,36H,2,10,13-14H2,1,3-7H3/b20-16+,28-19+,29-11+,30-8+,35-12?. The Morgan fingerprint density at radius 1 is 1.23 bits per heavy atom. The second kappa shape index (κ2) is 15.0. The third kappa shape index (κ3) is 8.26. The van der Waals surface area contributed by atoms with E-state index in [-0.39, 0.29) is 22.9 Å². The lowest BCUT2D eigenvalue weighted by Gasteiger charge is -2.33. The first-order valence-electron chi connectivity index (χ1n) is 12.8. The van der Waals surface area contributed by atoms with Gasteiger partial charge in [0.2, 0.25) is 0 Å². The Balaban J connectivity index is 2.24. The molecule has 1 atom stereocenters. The van der Waals surface area contributed by atoms with Crippen molar-refractivity contribution in [3.63, 3.8) is 0 Å². The smallest absolute Gasteiger partial charge is 0.162 e. The van der Waals surface area contributed by atoms with Crippen LogP contribution < -0.4 is 5.32 Å². The number of halogens is 3. The molecule has 1 aliphatic heterocycles. The minimum Gasteiger partial charge on any atom is -0.386 e. The first-order valence-corrected chi connectivity index (χ1v) is 12.8. The quantitative estimate of drug-likeness (QED) is 0.117. The van der Waals surface area contributed by atoms with Gasteiger partial charge in [0.1, 0.15) is 17.9 Å². The summed E-state index contributed by atoms with van der Waals surface area (Å²) in [6.07, 6.45) is 10.3. The summed E-state index contributed by atoms with van der Waals surface area (Å²) in [5, 5.41) is 2.64. The molecule has 1 heterocycles. The molecular weight excluding hydrogens is 517 g/mol. The van der Waals surface area contributed by atoms with E-state index in [1.165, 1.54) is 20.2 Å². The zero-order valence-electron chi connectivity index (χ0n) is 23.9. The zero-order valence-corrected chi connectivity index (χ0v) is 23.9. The Kier molecular flexibility index (Phi) is 12.1. The van der Waals surface area contributed by atoms with E-state index in [9.17, 15) is 22.8 Å². The maximum absolute atomic E-state index is 14.7. The normalized spacial score (nSPS) is 16.6. The van der Waals surface area contributed by atoms with Crippen LogP contribution in [0, 0.1) is 11.6 Å². The summed E-state index contributed by atoms with van der Waals surface area (Å²) in [6.45, 7) is 10.5. The lowest BCUT2D eigenvalue weighted by molar-refractivity contribution is -0.104. The molecule has 0 aromatic heterocycles. The van der Waals surface area contributed by atoms with E-state index in [1.807, 2.05) is 26.0 Å². The number of rotatable bonds is 12. The van der Waals surface area contributed by atoms with Crippen LogP contribution in [-0.2, 0) is 4.79 Å². The van der Waals surface area contributed by atoms with Crippen molar-refractivity contribution >= 4 is 23.9 Å². The highest BCUT2D eigenvalue weighted by molar-refractivity contribution is 5.94. The van der Waals surface area contributed by atoms with E-state index in [4.69, 9.17) is 0 Å². The minimum absolute atomic E-state index is 0.00815. The number of aliphatic imine (C=N–C) groups is 1. The molecule has 214 valence electrons. The van der Waals surface area contributed by atoms with Crippen molar-refractivity contribution in [1.29, 1.82) is 0 Å². The predicted molar refractivity (Wildman–Crippen MR) is 156 cm³/mol. The maximum atomic E-state index is 14.7. The molecule has 0 saturated carbocycles. The number of carbonyl (C=O) groups is 2. The molecule has 0 spiro atoms. The molecule has 0 amide bonds. The number of benzene rings is 1. The maximum Gasteiger partial charge on any atom is 0.162 e. The number of Topliss-reactive ketones (excluding diaryl/α,β-unsaturated/α-hetero) is 1. The van der Waals surface area contributed by atoms with Crippen LogP contribution in [0.2, 0.25) is 0 Å². The van der Waals surface area contributed by atoms with Gasteiger partial charge in [-0.15, -0.1) is 0 Å². The zero-order chi connectivity index (χ0) is 30.0. The number of ketones is 1. The molecule has 0 fully saturated rings. The van der Waals surface area contributed by atoms with Gasteiger partial charge in [0.05, 0.1) is 5.70 Å². The Labute approximate surface area is 234 Å². The van der Waals surface area contributed by atoms with Crippen LogP contribution in [0.4, 0.5) is 13.2 Å². The van der Waals surface area contributed by atoms with Gasteiger partial charge in [0.15, 0.2) is 11.6 Å². The number of allylic oxidation sites excluding steroid dienone is 4. The van der Waals surface area contributed by atoms with E-state index < -0.39 is 23.2 Å². The third-order valence-electron chi connectivity index (χ3n) is 6.78. The molecule has 0 aliphatic carbocycles. The fourth-order valence-corrected chi connectivity index (χ4v) is 4.36. The molecule has 1 N–H and O–H groups in total. The molecule has 2 rings (SSSR count). The van der Waals surface area contributed by atoms with Gasteiger partial charge in [-0.2, -0.15) is 0 Å². The van der Waals surface area contributed by atoms with Crippen molar-refractivity contribution in [3.05, 3.63) is 100 Å². The molecule has 0 radical (unpaired) electrons. The lowest BCUT2D eigenvalue weighted by Crippen LogP contribution is -2.37. The van der Waals surface area contributed by atoms with Crippen LogP contribution in [-0.4, -0.2) is 68.4 Å². The van der Waals surface area contributed by atoms with E-state index in [2.05, 4.69) is 21.8 Å². The summed E-state index contributed by atoms with van der Waals surface area (Å²) in [4.78, 5) is 30.0. The monoisotopic (exact) mass is 554 g/mol. The number of hydrogen-bond donors (Lipinski definition) is 1. The van der Waals surface area contributed by atoms with Crippen LogP contribution in [0.5, 0.6) is 0 Å². The number of nitrogens with zero attached hydrogens (tertiary/aromatic N) is 3. The van der Waals surface area contributed by atoms with Crippen molar-refractivity contribution in [3.8, 4) is 0 Å². The van der Waals surface area contributed by atoms with E-state index in [0.717, 1.165) is 23.8 Å². The van der Waals surface area contributed by atoms with Gasteiger partial charge >= 0.3 is 0 Å². The van der Waals surface area contributed by atoms with Gasteiger partial charge in [-0.25, -0.2) is 13.2 Å². The fourth-order valence-electron chi connectivity index (χ4n) is 4.36. The summed E-state index contributed by atoms with van der Waals surface area (Å²) in [7, 11) is 4.81. The third-order valence-corrected chi connectivity index (χ3v) is 6.78. The Bertz CT molecular complexity index is 1300. The van der Waals surface area contributed by atoms with Gasteiger partial charge in [-0.1, -0.05) is 24.3 Å². The molecule has 1 aromatic carbocycles. The number of nitrogens with one attached hydrogen (secondary N) is 1. The summed E-state index contributed by atoms with van der Waals surface area (Å²) in [6, 6.07) is 2.15. The fraction of sp³-hybridized carbons (Fsp3) is 0.323. The van der Waals surface area contributed by atoms with Crippen LogP contribution in [0.25, 0.3) is 5.57 Å². The van der Waals surface area contributed by atoms with Crippen molar-refractivity contribution < 1.29 is 22.8 Å². The van der Waals surface area contributed by atoms with Crippen LogP contribution in [0.1, 0.15) is 43.1 Å². The van der Waals surface area contributed by atoms with Crippen LogP contribution >= 0.6 is 0 Å². The van der Waals surface area contributed by atoms with E-state index >= 15 is 0 Å². The van der Waals surface area contributed by atoms with Gasteiger partial charge in [-0.3, -0.25) is 19.5 Å². The van der Waals surface area contributed by atoms with Gasteiger partial charge in [0.25, 0.3) is 0 Å². The number of aldehydes is 1. The molecule has 0 bridgehead atoms.